The highest BCUT2D eigenvalue weighted by atomic mass is 79.9. The molecule has 0 saturated heterocycles. The smallest absolute Gasteiger partial charge is 0.136 e. The summed E-state index contributed by atoms with van der Waals surface area (Å²) in [6.07, 6.45) is 1.66. The lowest BCUT2D eigenvalue weighted by molar-refractivity contribution is 0.0839. The molecule has 5 heteroatoms. The summed E-state index contributed by atoms with van der Waals surface area (Å²) >= 11 is 3.46. The van der Waals surface area contributed by atoms with Crippen LogP contribution in [0.25, 0.3) is 0 Å². The Bertz CT molecular complexity index is 317. The van der Waals surface area contributed by atoms with Gasteiger partial charge in [0.15, 0.2) is 0 Å². The molecule has 1 aromatic rings. The number of methoxy groups -OCH3 is 1. The zero-order valence-electron chi connectivity index (χ0n) is 9.94. The first-order chi connectivity index (χ1) is 7.61. The van der Waals surface area contributed by atoms with Crippen molar-refractivity contribution in [3.63, 3.8) is 0 Å². The molecule has 0 saturated carbocycles. The van der Waals surface area contributed by atoms with Crippen LogP contribution in [0.3, 0.4) is 0 Å². The number of ether oxygens (including phenoxy) is 1. The molecule has 0 aliphatic carbocycles. The third-order valence-electron chi connectivity index (χ3n) is 2.77. The molecule has 4 nitrogen and oxygen atoms in total. The van der Waals surface area contributed by atoms with Crippen LogP contribution in [0.5, 0.6) is 0 Å². The molecule has 2 atom stereocenters. The predicted octanol–water partition coefficient (Wildman–Crippen LogP) is 2.01. The SMILES string of the molecule is COCC(C)N(C)C(CN)c1occc1Br. The van der Waals surface area contributed by atoms with Crippen LogP contribution < -0.4 is 5.73 Å². The molecule has 2 unspecified atom stereocenters. The van der Waals surface area contributed by atoms with Gasteiger partial charge < -0.3 is 14.9 Å². The van der Waals surface area contributed by atoms with Gasteiger partial charge in [0.1, 0.15) is 5.76 Å². The third kappa shape index (κ3) is 3.07. The van der Waals surface area contributed by atoms with Crippen molar-refractivity contribution in [3.8, 4) is 0 Å². The summed E-state index contributed by atoms with van der Waals surface area (Å²) in [5.41, 5.74) is 5.80. The molecule has 16 heavy (non-hydrogen) atoms. The molecule has 0 spiro atoms. The van der Waals surface area contributed by atoms with Crippen molar-refractivity contribution in [1.82, 2.24) is 4.90 Å². The molecular weight excluding hydrogens is 272 g/mol. The first-order valence-corrected chi connectivity index (χ1v) is 6.05. The van der Waals surface area contributed by atoms with Crippen LogP contribution in [-0.4, -0.2) is 38.3 Å². The summed E-state index contributed by atoms with van der Waals surface area (Å²) in [7, 11) is 3.72. The lowest BCUT2D eigenvalue weighted by atomic mass is 10.1. The average Bonchev–Trinajstić information content (AvgIpc) is 2.66. The lowest BCUT2D eigenvalue weighted by Crippen LogP contribution is -2.39. The highest BCUT2D eigenvalue weighted by Gasteiger charge is 2.24. The van der Waals surface area contributed by atoms with Crippen molar-refractivity contribution < 1.29 is 9.15 Å². The van der Waals surface area contributed by atoms with Gasteiger partial charge in [0, 0.05) is 19.7 Å². The topological polar surface area (TPSA) is 51.6 Å². The highest BCUT2D eigenvalue weighted by molar-refractivity contribution is 9.10. The lowest BCUT2D eigenvalue weighted by Gasteiger charge is -2.30. The molecule has 92 valence electrons. The molecular formula is C11H19BrN2O2. The molecule has 0 fully saturated rings. The Morgan fingerprint density at radius 1 is 1.62 bits per heavy atom. The van der Waals surface area contributed by atoms with E-state index in [1.54, 1.807) is 13.4 Å². The minimum Gasteiger partial charge on any atom is -0.466 e. The molecule has 0 aromatic carbocycles. The number of rotatable bonds is 6. The van der Waals surface area contributed by atoms with Gasteiger partial charge in [-0.3, -0.25) is 4.90 Å². The first kappa shape index (κ1) is 13.7. The summed E-state index contributed by atoms with van der Waals surface area (Å²) in [6.45, 7) is 3.28. The summed E-state index contributed by atoms with van der Waals surface area (Å²) in [4.78, 5) is 2.16. The van der Waals surface area contributed by atoms with E-state index in [0.717, 1.165) is 10.2 Å². The number of likely N-dealkylation sites (N-methyl/N-ethyl adjacent to an activating group) is 1. The quantitative estimate of drug-likeness (QED) is 0.871. The Labute approximate surface area is 105 Å². The molecule has 1 rings (SSSR count). The van der Waals surface area contributed by atoms with Gasteiger partial charge in [-0.25, -0.2) is 0 Å². The molecule has 2 N–H and O–H groups in total. The Balaban J connectivity index is 2.78. The number of hydrogen-bond donors (Lipinski definition) is 1. The molecule has 0 aliphatic rings. The normalized spacial score (nSPS) is 15.4. The van der Waals surface area contributed by atoms with Crippen LogP contribution >= 0.6 is 15.9 Å². The molecule has 0 radical (unpaired) electrons. The van der Waals surface area contributed by atoms with Gasteiger partial charge in [-0.15, -0.1) is 0 Å². The van der Waals surface area contributed by atoms with Crippen LogP contribution in [0.4, 0.5) is 0 Å². The summed E-state index contributed by atoms with van der Waals surface area (Å²) in [5, 5.41) is 0. The molecule has 0 aliphatic heterocycles. The number of nitrogens with two attached hydrogens (primary N) is 1. The van der Waals surface area contributed by atoms with E-state index in [-0.39, 0.29) is 12.1 Å². The minimum absolute atomic E-state index is 0.0644. The number of hydrogen-bond acceptors (Lipinski definition) is 4. The van der Waals surface area contributed by atoms with Gasteiger partial charge >= 0.3 is 0 Å². The minimum atomic E-state index is 0.0644. The monoisotopic (exact) mass is 290 g/mol. The average molecular weight is 291 g/mol. The van der Waals surface area contributed by atoms with Crippen molar-refractivity contribution in [1.29, 1.82) is 0 Å². The van der Waals surface area contributed by atoms with Crippen molar-refractivity contribution in [3.05, 3.63) is 22.6 Å². The van der Waals surface area contributed by atoms with Crippen molar-refractivity contribution in [2.75, 3.05) is 27.3 Å². The number of nitrogens with zero attached hydrogens (tertiary/aromatic N) is 1. The van der Waals surface area contributed by atoms with Crippen molar-refractivity contribution in [2.24, 2.45) is 5.73 Å². The van der Waals surface area contributed by atoms with E-state index in [0.29, 0.717) is 13.2 Å². The summed E-state index contributed by atoms with van der Waals surface area (Å²) in [6, 6.07) is 2.23. The van der Waals surface area contributed by atoms with Crippen LogP contribution in [0, 0.1) is 0 Å². The fourth-order valence-corrected chi connectivity index (χ4v) is 2.13. The van der Waals surface area contributed by atoms with E-state index < -0.39 is 0 Å². The van der Waals surface area contributed by atoms with E-state index in [1.807, 2.05) is 13.1 Å². The Morgan fingerprint density at radius 3 is 2.75 bits per heavy atom. The maximum atomic E-state index is 5.80. The van der Waals surface area contributed by atoms with E-state index in [9.17, 15) is 0 Å². The van der Waals surface area contributed by atoms with Gasteiger partial charge in [-0.05, 0) is 36.0 Å². The van der Waals surface area contributed by atoms with E-state index in [4.69, 9.17) is 14.9 Å². The predicted molar refractivity (Wildman–Crippen MR) is 67.3 cm³/mol. The van der Waals surface area contributed by atoms with Gasteiger partial charge in [0.2, 0.25) is 0 Å². The second-order valence-electron chi connectivity index (χ2n) is 3.85. The molecule has 1 aromatic heterocycles. The summed E-state index contributed by atoms with van der Waals surface area (Å²) < 4.78 is 11.6. The van der Waals surface area contributed by atoms with Crippen molar-refractivity contribution >= 4 is 15.9 Å². The Morgan fingerprint density at radius 2 is 2.31 bits per heavy atom. The standard InChI is InChI=1S/C11H19BrN2O2/c1-8(7-15-3)14(2)10(6-13)11-9(12)4-5-16-11/h4-5,8,10H,6-7,13H2,1-3H3. The second-order valence-corrected chi connectivity index (χ2v) is 4.71. The van der Waals surface area contributed by atoms with Crippen LogP contribution in [-0.2, 0) is 4.74 Å². The summed E-state index contributed by atoms with van der Waals surface area (Å²) in [5.74, 6) is 0.868. The van der Waals surface area contributed by atoms with Gasteiger partial charge in [-0.1, -0.05) is 0 Å². The van der Waals surface area contributed by atoms with Crippen molar-refractivity contribution in [2.45, 2.75) is 19.0 Å². The maximum absolute atomic E-state index is 5.80. The largest absolute Gasteiger partial charge is 0.466 e. The Hall–Kier alpha value is -0.360. The van der Waals surface area contributed by atoms with E-state index in [1.165, 1.54) is 0 Å². The Kier molecular flexibility index (Phi) is 5.48. The van der Waals surface area contributed by atoms with Crippen LogP contribution in [0.1, 0.15) is 18.7 Å². The zero-order valence-corrected chi connectivity index (χ0v) is 11.5. The van der Waals surface area contributed by atoms with E-state index >= 15 is 0 Å². The van der Waals surface area contributed by atoms with E-state index in [2.05, 4.69) is 27.8 Å². The second kappa shape index (κ2) is 6.39. The number of furan rings is 1. The molecule has 0 amide bonds. The first-order valence-electron chi connectivity index (χ1n) is 5.25. The fourth-order valence-electron chi connectivity index (χ4n) is 1.67. The van der Waals surface area contributed by atoms with Gasteiger partial charge in [-0.2, -0.15) is 0 Å². The highest BCUT2D eigenvalue weighted by Crippen LogP contribution is 2.28. The molecule has 0 bridgehead atoms. The van der Waals surface area contributed by atoms with Crippen LogP contribution in [0.2, 0.25) is 0 Å². The zero-order chi connectivity index (χ0) is 12.1. The van der Waals surface area contributed by atoms with Crippen LogP contribution in [0.15, 0.2) is 21.2 Å². The van der Waals surface area contributed by atoms with Gasteiger partial charge in [0.25, 0.3) is 0 Å². The maximum Gasteiger partial charge on any atom is 0.136 e. The fraction of sp³-hybridized carbons (Fsp3) is 0.636. The number of halogens is 1. The third-order valence-corrected chi connectivity index (χ3v) is 3.42. The van der Waals surface area contributed by atoms with Gasteiger partial charge in [0.05, 0.1) is 23.4 Å². The molecule has 1 heterocycles.